The van der Waals surface area contributed by atoms with Crippen LogP contribution in [-0.2, 0) is 11.2 Å². The van der Waals surface area contributed by atoms with E-state index in [9.17, 15) is 9.18 Å². The molecule has 1 saturated heterocycles. The van der Waals surface area contributed by atoms with Crippen molar-refractivity contribution in [1.82, 2.24) is 5.32 Å². The first-order chi connectivity index (χ1) is 11.5. The van der Waals surface area contributed by atoms with Gasteiger partial charge in [0.25, 0.3) is 0 Å². The number of amidine groups is 1. The van der Waals surface area contributed by atoms with Crippen molar-refractivity contribution in [2.75, 3.05) is 0 Å². The Hall–Kier alpha value is -2.14. The molecule has 5 heteroatoms. The lowest BCUT2D eigenvalue weighted by Gasteiger charge is -2.08. The third kappa shape index (κ3) is 4.03. The Balaban J connectivity index is 1.67. The van der Waals surface area contributed by atoms with E-state index >= 15 is 0 Å². The molecule has 2 aromatic rings. The SMILES string of the molecule is CC(C)c1ccc(CC2SC(=Nc3ccc(F)cc3)NC2=O)cc1. The maximum atomic E-state index is 12.9. The van der Waals surface area contributed by atoms with E-state index in [1.807, 2.05) is 0 Å². The number of halogens is 1. The van der Waals surface area contributed by atoms with Gasteiger partial charge in [0, 0.05) is 0 Å². The summed E-state index contributed by atoms with van der Waals surface area (Å²) in [6.45, 7) is 4.32. The van der Waals surface area contributed by atoms with Crippen molar-refractivity contribution in [2.24, 2.45) is 4.99 Å². The third-order valence-corrected chi connectivity index (χ3v) is 4.98. The highest BCUT2D eigenvalue weighted by Crippen LogP contribution is 2.26. The summed E-state index contributed by atoms with van der Waals surface area (Å²) >= 11 is 1.42. The zero-order valence-electron chi connectivity index (χ0n) is 13.6. The molecular weight excluding hydrogens is 323 g/mol. The summed E-state index contributed by atoms with van der Waals surface area (Å²) in [5, 5.41) is 3.18. The van der Waals surface area contributed by atoms with E-state index in [4.69, 9.17) is 0 Å². The number of nitrogens with zero attached hydrogens (tertiary/aromatic N) is 1. The maximum Gasteiger partial charge on any atom is 0.239 e. The normalized spacial score (nSPS) is 19.1. The first kappa shape index (κ1) is 16.7. The van der Waals surface area contributed by atoms with E-state index in [0.29, 0.717) is 23.2 Å². The van der Waals surface area contributed by atoms with Crippen molar-refractivity contribution in [3.63, 3.8) is 0 Å². The van der Waals surface area contributed by atoms with Gasteiger partial charge in [-0.3, -0.25) is 4.79 Å². The summed E-state index contributed by atoms with van der Waals surface area (Å²) in [5.74, 6) is 0.163. The van der Waals surface area contributed by atoms with Gasteiger partial charge in [-0.25, -0.2) is 9.38 Å². The fourth-order valence-corrected chi connectivity index (χ4v) is 3.51. The van der Waals surface area contributed by atoms with Crippen molar-refractivity contribution < 1.29 is 9.18 Å². The minimum atomic E-state index is -0.301. The number of nitrogens with one attached hydrogen (secondary N) is 1. The van der Waals surface area contributed by atoms with Crippen molar-refractivity contribution in [1.29, 1.82) is 0 Å². The molecule has 0 aliphatic carbocycles. The summed E-state index contributed by atoms with van der Waals surface area (Å²) in [5.41, 5.74) is 3.05. The minimum absolute atomic E-state index is 0.0335. The van der Waals surface area contributed by atoms with Crippen molar-refractivity contribution >= 4 is 28.5 Å². The molecule has 2 aromatic carbocycles. The molecule has 1 unspecified atom stereocenters. The zero-order valence-corrected chi connectivity index (χ0v) is 14.4. The Kier molecular flexibility index (Phi) is 5.00. The summed E-state index contributed by atoms with van der Waals surface area (Å²) < 4.78 is 12.9. The second-order valence-corrected chi connectivity index (χ2v) is 7.28. The summed E-state index contributed by atoms with van der Waals surface area (Å²) in [6.07, 6.45) is 0.664. The van der Waals surface area contributed by atoms with Gasteiger partial charge >= 0.3 is 0 Å². The van der Waals surface area contributed by atoms with Gasteiger partial charge in [-0.05, 0) is 47.7 Å². The quantitative estimate of drug-likeness (QED) is 0.894. The Morgan fingerprint density at radius 2 is 1.79 bits per heavy atom. The van der Waals surface area contributed by atoms with E-state index in [2.05, 4.69) is 48.4 Å². The monoisotopic (exact) mass is 342 g/mol. The number of carbonyl (C=O) groups is 1. The molecule has 0 spiro atoms. The van der Waals surface area contributed by atoms with Gasteiger partial charge in [0.05, 0.1) is 10.9 Å². The van der Waals surface area contributed by atoms with Crippen LogP contribution >= 0.6 is 11.8 Å². The molecule has 0 radical (unpaired) electrons. The Morgan fingerprint density at radius 1 is 1.12 bits per heavy atom. The molecule has 1 fully saturated rings. The van der Waals surface area contributed by atoms with Crippen LogP contribution in [-0.4, -0.2) is 16.3 Å². The molecule has 24 heavy (non-hydrogen) atoms. The van der Waals surface area contributed by atoms with Crippen LogP contribution in [0.5, 0.6) is 0 Å². The van der Waals surface area contributed by atoms with Crippen molar-refractivity contribution in [3.8, 4) is 0 Å². The molecule has 3 nitrogen and oxygen atoms in total. The van der Waals surface area contributed by atoms with Crippen molar-refractivity contribution in [3.05, 3.63) is 65.5 Å². The smallest absolute Gasteiger partial charge is 0.239 e. The van der Waals surface area contributed by atoms with Crippen LogP contribution in [0, 0.1) is 5.82 Å². The molecule has 3 rings (SSSR count). The molecule has 0 aromatic heterocycles. The molecule has 1 aliphatic heterocycles. The second kappa shape index (κ2) is 7.18. The first-order valence-electron chi connectivity index (χ1n) is 7.92. The Labute approximate surface area is 145 Å². The number of hydrogen-bond acceptors (Lipinski definition) is 3. The summed E-state index contributed by atoms with van der Waals surface area (Å²) in [4.78, 5) is 16.5. The number of rotatable bonds is 4. The molecule has 1 amide bonds. The number of carbonyl (C=O) groups excluding carboxylic acids is 1. The zero-order chi connectivity index (χ0) is 17.1. The highest BCUT2D eigenvalue weighted by Gasteiger charge is 2.30. The molecule has 0 saturated carbocycles. The molecule has 1 atom stereocenters. The first-order valence-corrected chi connectivity index (χ1v) is 8.80. The van der Waals surface area contributed by atoms with Gasteiger partial charge in [0.15, 0.2) is 5.17 Å². The average molecular weight is 342 g/mol. The average Bonchev–Trinajstić information content (AvgIpc) is 2.89. The lowest BCUT2D eigenvalue weighted by molar-refractivity contribution is -0.118. The minimum Gasteiger partial charge on any atom is -0.304 e. The van der Waals surface area contributed by atoms with E-state index in [1.165, 1.54) is 29.5 Å². The van der Waals surface area contributed by atoms with Crippen LogP contribution in [0.2, 0.25) is 0 Å². The standard InChI is InChI=1S/C19H19FN2OS/c1-12(2)14-5-3-13(4-6-14)11-17-18(23)22-19(24-17)21-16-9-7-15(20)8-10-16/h3-10,12,17H,11H2,1-2H3,(H,21,22,23). The Bertz CT molecular complexity index is 754. The number of amides is 1. The second-order valence-electron chi connectivity index (χ2n) is 6.09. The van der Waals surface area contributed by atoms with Crippen LogP contribution in [0.25, 0.3) is 0 Å². The van der Waals surface area contributed by atoms with Crippen LogP contribution in [0.1, 0.15) is 30.9 Å². The van der Waals surface area contributed by atoms with Crippen LogP contribution in [0.4, 0.5) is 10.1 Å². The maximum absolute atomic E-state index is 12.9. The molecule has 1 N–H and O–H groups in total. The van der Waals surface area contributed by atoms with Crippen LogP contribution in [0.3, 0.4) is 0 Å². The fraction of sp³-hybridized carbons (Fsp3) is 0.263. The van der Waals surface area contributed by atoms with Crippen LogP contribution < -0.4 is 5.32 Å². The van der Waals surface area contributed by atoms with Gasteiger partial charge in [0.1, 0.15) is 5.82 Å². The number of thioether (sulfide) groups is 1. The Morgan fingerprint density at radius 3 is 2.42 bits per heavy atom. The predicted molar refractivity (Wildman–Crippen MR) is 97.3 cm³/mol. The number of hydrogen-bond donors (Lipinski definition) is 1. The van der Waals surface area contributed by atoms with Crippen LogP contribution in [0.15, 0.2) is 53.5 Å². The lowest BCUT2D eigenvalue weighted by atomic mass is 10.0. The number of aliphatic imine (C=N–C) groups is 1. The fourth-order valence-electron chi connectivity index (χ4n) is 2.48. The molecule has 1 heterocycles. The van der Waals surface area contributed by atoms with Gasteiger partial charge < -0.3 is 5.32 Å². The highest BCUT2D eigenvalue weighted by atomic mass is 32.2. The highest BCUT2D eigenvalue weighted by molar-refractivity contribution is 8.15. The van der Waals surface area contributed by atoms with E-state index in [-0.39, 0.29) is 17.0 Å². The van der Waals surface area contributed by atoms with Gasteiger partial charge in [0.2, 0.25) is 5.91 Å². The van der Waals surface area contributed by atoms with E-state index in [0.717, 1.165) is 5.56 Å². The number of benzene rings is 2. The third-order valence-electron chi connectivity index (χ3n) is 3.90. The largest absolute Gasteiger partial charge is 0.304 e. The van der Waals surface area contributed by atoms with Gasteiger partial charge in [-0.15, -0.1) is 0 Å². The molecular formula is C19H19FN2OS. The van der Waals surface area contributed by atoms with Gasteiger partial charge in [-0.2, -0.15) is 0 Å². The molecule has 1 aliphatic rings. The summed E-state index contributed by atoms with van der Waals surface area (Å²) in [7, 11) is 0. The predicted octanol–water partition coefficient (Wildman–Crippen LogP) is 4.41. The van der Waals surface area contributed by atoms with E-state index < -0.39 is 0 Å². The van der Waals surface area contributed by atoms with Gasteiger partial charge in [-0.1, -0.05) is 49.9 Å². The molecule has 124 valence electrons. The summed E-state index contributed by atoms with van der Waals surface area (Å²) in [6, 6.07) is 14.3. The lowest BCUT2D eigenvalue weighted by Crippen LogP contribution is -2.25. The van der Waals surface area contributed by atoms with E-state index in [1.54, 1.807) is 12.1 Å². The topological polar surface area (TPSA) is 41.5 Å². The van der Waals surface area contributed by atoms with Crippen molar-refractivity contribution in [2.45, 2.75) is 31.4 Å². The molecule has 0 bridgehead atoms.